The molecule has 2 rings (SSSR count). The summed E-state index contributed by atoms with van der Waals surface area (Å²) in [5.74, 6) is 0.670. The largest absolute Gasteiger partial charge is 0.493 e. The van der Waals surface area contributed by atoms with Crippen molar-refractivity contribution in [3.8, 4) is 5.75 Å². The summed E-state index contributed by atoms with van der Waals surface area (Å²) in [5.41, 5.74) is 6.57. The average molecular weight is 180 g/mol. The highest BCUT2D eigenvalue weighted by molar-refractivity contribution is 5.68. The molecule has 1 aromatic carbocycles. The number of fused-ring (bicyclic) bond motifs is 1. The van der Waals surface area contributed by atoms with Crippen molar-refractivity contribution in [2.45, 2.75) is 6.42 Å². The van der Waals surface area contributed by atoms with Crippen LogP contribution in [0.15, 0.2) is 12.1 Å². The van der Waals surface area contributed by atoms with Crippen LogP contribution in [0.4, 0.5) is 11.4 Å². The van der Waals surface area contributed by atoms with Crippen LogP contribution in [0.25, 0.3) is 0 Å². The standard InChI is InChI=1S/C8H8N2O3/c9-8-5-3-4-13-7(5)2-1-6(8)10(11)12/h1-2H,3-4,9H2. The highest BCUT2D eigenvalue weighted by Crippen LogP contribution is 2.35. The monoisotopic (exact) mass is 180 g/mol. The van der Waals surface area contributed by atoms with Crippen LogP contribution in [-0.2, 0) is 6.42 Å². The summed E-state index contributed by atoms with van der Waals surface area (Å²) in [7, 11) is 0. The van der Waals surface area contributed by atoms with Crippen LogP contribution in [-0.4, -0.2) is 11.5 Å². The molecule has 0 unspecified atom stereocenters. The molecular formula is C8H8N2O3. The van der Waals surface area contributed by atoms with E-state index in [-0.39, 0.29) is 11.4 Å². The first-order chi connectivity index (χ1) is 6.20. The van der Waals surface area contributed by atoms with Crippen molar-refractivity contribution in [3.05, 3.63) is 27.8 Å². The van der Waals surface area contributed by atoms with E-state index in [9.17, 15) is 10.1 Å². The number of hydrogen-bond donors (Lipinski definition) is 1. The van der Waals surface area contributed by atoms with Gasteiger partial charge in [-0.2, -0.15) is 0 Å². The molecule has 0 aromatic heterocycles. The summed E-state index contributed by atoms with van der Waals surface area (Å²) < 4.78 is 5.21. The van der Waals surface area contributed by atoms with E-state index in [0.29, 0.717) is 18.8 Å². The molecule has 0 saturated heterocycles. The molecule has 0 amide bonds. The molecule has 0 bridgehead atoms. The Morgan fingerprint density at radius 2 is 2.31 bits per heavy atom. The van der Waals surface area contributed by atoms with Gasteiger partial charge in [0.1, 0.15) is 11.4 Å². The maximum Gasteiger partial charge on any atom is 0.292 e. The van der Waals surface area contributed by atoms with E-state index in [4.69, 9.17) is 10.5 Å². The number of benzene rings is 1. The molecule has 5 nitrogen and oxygen atoms in total. The molecule has 1 aliphatic heterocycles. The minimum atomic E-state index is -0.478. The fourth-order valence-corrected chi connectivity index (χ4v) is 1.45. The molecular weight excluding hydrogens is 172 g/mol. The third-order valence-corrected chi connectivity index (χ3v) is 2.10. The van der Waals surface area contributed by atoms with E-state index in [0.717, 1.165) is 5.56 Å². The lowest BCUT2D eigenvalue weighted by atomic mass is 10.1. The third-order valence-electron chi connectivity index (χ3n) is 2.10. The molecule has 0 spiro atoms. The summed E-state index contributed by atoms with van der Waals surface area (Å²) in [6, 6.07) is 2.97. The quantitative estimate of drug-likeness (QED) is 0.399. The number of nitro groups is 1. The van der Waals surface area contributed by atoms with E-state index in [2.05, 4.69) is 0 Å². The molecule has 0 radical (unpaired) electrons. The van der Waals surface area contributed by atoms with Crippen LogP contribution in [0.1, 0.15) is 5.56 Å². The lowest BCUT2D eigenvalue weighted by molar-refractivity contribution is -0.383. The SMILES string of the molecule is Nc1c([N+](=O)[O-])ccc2c1CCO2. The molecule has 13 heavy (non-hydrogen) atoms. The van der Waals surface area contributed by atoms with Crippen LogP contribution in [0, 0.1) is 10.1 Å². The minimum absolute atomic E-state index is 0.0377. The Bertz CT molecular complexity index is 376. The number of nitrogens with zero attached hydrogens (tertiary/aromatic N) is 1. The van der Waals surface area contributed by atoms with Crippen LogP contribution in [0.5, 0.6) is 5.75 Å². The highest BCUT2D eigenvalue weighted by atomic mass is 16.6. The van der Waals surface area contributed by atoms with Crippen molar-refractivity contribution < 1.29 is 9.66 Å². The summed E-state index contributed by atoms with van der Waals surface area (Å²) in [4.78, 5) is 10.0. The molecule has 2 N–H and O–H groups in total. The van der Waals surface area contributed by atoms with Gasteiger partial charge in [0.2, 0.25) is 0 Å². The average Bonchev–Trinajstić information content (AvgIpc) is 2.52. The Hall–Kier alpha value is -1.78. The second-order valence-corrected chi connectivity index (χ2v) is 2.83. The Kier molecular flexibility index (Phi) is 1.58. The zero-order valence-corrected chi connectivity index (χ0v) is 6.82. The molecule has 0 fully saturated rings. The van der Waals surface area contributed by atoms with Crippen LogP contribution < -0.4 is 10.5 Å². The van der Waals surface area contributed by atoms with E-state index < -0.39 is 4.92 Å². The van der Waals surface area contributed by atoms with Crippen LogP contribution in [0.3, 0.4) is 0 Å². The first kappa shape index (κ1) is 7.85. The van der Waals surface area contributed by atoms with E-state index >= 15 is 0 Å². The molecule has 68 valence electrons. The second kappa shape index (κ2) is 2.62. The van der Waals surface area contributed by atoms with E-state index in [1.165, 1.54) is 6.07 Å². The van der Waals surface area contributed by atoms with Crippen molar-refractivity contribution in [1.29, 1.82) is 0 Å². The first-order valence-corrected chi connectivity index (χ1v) is 3.88. The molecule has 1 heterocycles. The summed E-state index contributed by atoms with van der Waals surface area (Å²) in [5, 5.41) is 10.5. The molecule has 1 aromatic rings. The van der Waals surface area contributed by atoms with Crippen LogP contribution in [0.2, 0.25) is 0 Å². The van der Waals surface area contributed by atoms with Gasteiger partial charge in [0, 0.05) is 18.1 Å². The van der Waals surface area contributed by atoms with Gasteiger partial charge < -0.3 is 10.5 Å². The Labute approximate surface area is 74.3 Å². The molecule has 0 aliphatic carbocycles. The van der Waals surface area contributed by atoms with Gasteiger partial charge in [-0.05, 0) is 6.07 Å². The van der Waals surface area contributed by atoms with Gasteiger partial charge in [-0.3, -0.25) is 10.1 Å². The molecule has 0 atom stereocenters. The number of hydrogen-bond acceptors (Lipinski definition) is 4. The number of nitrogen functional groups attached to an aromatic ring is 1. The van der Waals surface area contributed by atoms with Crippen LogP contribution >= 0.6 is 0 Å². The molecule has 5 heteroatoms. The fourth-order valence-electron chi connectivity index (χ4n) is 1.45. The normalized spacial score (nSPS) is 13.5. The van der Waals surface area contributed by atoms with E-state index in [1.807, 2.05) is 0 Å². The van der Waals surface area contributed by atoms with Gasteiger partial charge in [0.15, 0.2) is 0 Å². The highest BCUT2D eigenvalue weighted by Gasteiger charge is 2.22. The van der Waals surface area contributed by atoms with Gasteiger partial charge in [0.05, 0.1) is 11.5 Å². The number of ether oxygens (including phenoxy) is 1. The minimum Gasteiger partial charge on any atom is -0.493 e. The lowest BCUT2D eigenvalue weighted by Crippen LogP contribution is -1.98. The Morgan fingerprint density at radius 1 is 1.54 bits per heavy atom. The van der Waals surface area contributed by atoms with E-state index in [1.54, 1.807) is 6.07 Å². The number of rotatable bonds is 1. The van der Waals surface area contributed by atoms with Gasteiger partial charge >= 0.3 is 0 Å². The second-order valence-electron chi connectivity index (χ2n) is 2.83. The smallest absolute Gasteiger partial charge is 0.292 e. The van der Waals surface area contributed by atoms with Gasteiger partial charge in [-0.1, -0.05) is 0 Å². The maximum absolute atomic E-state index is 10.5. The maximum atomic E-state index is 10.5. The molecule has 1 aliphatic rings. The zero-order chi connectivity index (χ0) is 9.42. The lowest BCUT2D eigenvalue weighted by Gasteiger charge is -2.02. The Balaban J connectivity index is 2.59. The van der Waals surface area contributed by atoms with Crippen molar-refractivity contribution in [3.63, 3.8) is 0 Å². The van der Waals surface area contributed by atoms with Crippen molar-refractivity contribution in [2.24, 2.45) is 0 Å². The van der Waals surface area contributed by atoms with Gasteiger partial charge in [-0.25, -0.2) is 0 Å². The van der Waals surface area contributed by atoms with Crippen molar-refractivity contribution >= 4 is 11.4 Å². The summed E-state index contributed by atoms with van der Waals surface area (Å²) >= 11 is 0. The van der Waals surface area contributed by atoms with Crippen molar-refractivity contribution in [1.82, 2.24) is 0 Å². The van der Waals surface area contributed by atoms with Crippen molar-refractivity contribution in [2.75, 3.05) is 12.3 Å². The fraction of sp³-hybridized carbons (Fsp3) is 0.250. The zero-order valence-electron chi connectivity index (χ0n) is 6.82. The third kappa shape index (κ3) is 1.09. The Morgan fingerprint density at radius 3 is 3.00 bits per heavy atom. The van der Waals surface area contributed by atoms with Gasteiger partial charge in [-0.15, -0.1) is 0 Å². The summed E-state index contributed by atoms with van der Waals surface area (Å²) in [6.45, 7) is 0.556. The summed E-state index contributed by atoms with van der Waals surface area (Å²) in [6.07, 6.45) is 0.656. The predicted octanol–water partition coefficient (Wildman–Crippen LogP) is 1.11. The number of anilines is 1. The number of nitrogens with two attached hydrogens (primary N) is 1. The predicted molar refractivity (Wildman–Crippen MR) is 46.7 cm³/mol. The first-order valence-electron chi connectivity index (χ1n) is 3.88. The molecule has 0 saturated carbocycles. The number of nitro benzene ring substituents is 1. The topological polar surface area (TPSA) is 78.4 Å². The van der Waals surface area contributed by atoms with Gasteiger partial charge in [0.25, 0.3) is 5.69 Å².